The number of carbonyl (C=O) groups excluding carboxylic acids is 2. The van der Waals surface area contributed by atoms with Crippen molar-refractivity contribution < 1.29 is 9.59 Å². The molecule has 3 rings (SSSR count). The highest BCUT2D eigenvalue weighted by atomic mass is 16.1. The highest BCUT2D eigenvalue weighted by molar-refractivity contribution is 5.94. The van der Waals surface area contributed by atoms with Crippen molar-refractivity contribution in [1.29, 1.82) is 0 Å². The van der Waals surface area contributed by atoms with Crippen molar-refractivity contribution in [2.24, 2.45) is 0 Å². The molecule has 0 unspecified atom stereocenters. The Morgan fingerprint density at radius 3 is 1.33 bits per heavy atom. The minimum atomic E-state index is 0.105. The predicted molar refractivity (Wildman–Crippen MR) is 83.0 cm³/mol. The lowest BCUT2D eigenvalue weighted by molar-refractivity contribution is 0.100. The van der Waals surface area contributed by atoms with Gasteiger partial charge < -0.3 is 0 Å². The molecule has 0 spiro atoms. The van der Waals surface area contributed by atoms with Crippen LogP contribution in [0, 0.1) is 0 Å². The molecule has 0 aliphatic heterocycles. The second-order valence-corrected chi connectivity index (χ2v) is 5.81. The maximum atomic E-state index is 11.3. The fraction of sp³-hybridized carbons (Fsp3) is 0.263. The first-order chi connectivity index (χ1) is 10.1. The Hall–Kier alpha value is -2.22. The van der Waals surface area contributed by atoms with Crippen molar-refractivity contribution in [2.75, 3.05) is 0 Å². The summed E-state index contributed by atoms with van der Waals surface area (Å²) in [6, 6.07) is 15.9. The van der Waals surface area contributed by atoms with Gasteiger partial charge in [0, 0.05) is 11.1 Å². The molecule has 0 amide bonds. The van der Waals surface area contributed by atoms with Crippen LogP contribution in [0.2, 0.25) is 0 Å². The Morgan fingerprint density at radius 1 is 0.714 bits per heavy atom. The molecule has 2 aromatic rings. The topological polar surface area (TPSA) is 34.1 Å². The van der Waals surface area contributed by atoms with Crippen molar-refractivity contribution in [3.8, 4) is 0 Å². The van der Waals surface area contributed by atoms with Crippen LogP contribution in [0.15, 0.2) is 48.5 Å². The van der Waals surface area contributed by atoms with Gasteiger partial charge in [0.1, 0.15) is 0 Å². The molecule has 106 valence electrons. The molecule has 2 nitrogen and oxygen atoms in total. The highest BCUT2D eigenvalue weighted by Crippen LogP contribution is 2.54. The maximum Gasteiger partial charge on any atom is 0.159 e. The van der Waals surface area contributed by atoms with Crippen molar-refractivity contribution in [2.45, 2.75) is 32.1 Å². The lowest BCUT2D eigenvalue weighted by atomic mass is 10.0. The third kappa shape index (κ3) is 2.80. The van der Waals surface area contributed by atoms with Crippen LogP contribution < -0.4 is 0 Å². The largest absolute Gasteiger partial charge is 0.295 e. The van der Waals surface area contributed by atoms with E-state index in [2.05, 4.69) is 24.3 Å². The minimum absolute atomic E-state index is 0.105. The van der Waals surface area contributed by atoms with E-state index in [0.29, 0.717) is 11.8 Å². The zero-order valence-electron chi connectivity index (χ0n) is 12.3. The van der Waals surface area contributed by atoms with Gasteiger partial charge in [0.05, 0.1) is 0 Å². The van der Waals surface area contributed by atoms with E-state index in [9.17, 15) is 9.59 Å². The normalized spacial score (nSPS) is 20.1. The first kappa shape index (κ1) is 13.7. The summed E-state index contributed by atoms with van der Waals surface area (Å²) in [7, 11) is 0. The molecule has 0 bridgehead atoms. The molecule has 21 heavy (non-hydrogen) atoms. The summed E-state index contributed by atoms with van der Waals surface area (Å²) in [5, 5.41) is 0. The number of hydrogen-bond donors (Lipinski definition) is 0. The third-order valence-electron chi connectivity index (χ3n) is 4.28. The first-order valence-corrected chi connectivity index (χ1v) is 7.28. The van der Waals surface area contributed by atoms with Crippen molar-refractivity contribution in [3.05, 3.63) is 70.8 Å². The molecule has 0 aromatic heterocycles. The fourth-order valence-electron chi connectivity index (χ4n) is 2.86. The Labute approximate surface area is 124 Å². The average Bonchev–Trinajstić information content (AvgIpc) is 3.28. The van der Waals surface area contributed by atoms with E-state index in [1.165, 1.54) is 11.1 Å². The smallest absolute Gasteiger partial charge is 0.159 e. The summed E-state index contributed by atoms with van der Waals surface area (Å²) < 4.78 is 0. The molecular formula is C19H18O2. The molecule has 2 atom stereocenters. The van der Waals surface area contributed by atoms with Gasteiger partial charge >= 0.3 is 0 Å². The molecule has 0 heterocycles. The van der Waals surface area contributed by atoms with Crippen LogP contribution >= 0.6 is 0 Å². The highest BCUT2D eigenvalue weighted by Gasteiger charge is 2.39. The van der Waals surface area contributed by atoms with Crippen molar-refractivity contribution in [3.63, 3.8) is 0 Å². The number of ketones is 2. The molecule has 1 aliphatic carbocycles. The van der Waals surface area contributed by atoms with Crippen molar-refractivity contribution >= 4 is 11.6 Å². The van der Waals surface area contributed by atoms with Gasteiger partial charge in [-0.05, 0) is 43.2 Å². The van der Waals surface area contributed by atoms with Crippen LogP contribution in [-0.4, -0.2) is 11.6 Å². The molecule has 0 saturated heterocycles. The molecule has 0 N–H and O–H groups in total. The van der Waals surface area contributed by atoms with Gasteiger partial charge in [-0.25, -0.2) is 0 Å². The van der Waals surface area contributed by atoms with Crippen LogP contribution in [0.3, 0.4) is 0 Å². The SMILES string of the molecule is CC(=O)c1ccc([C@@H]2C[C@H]2c2ccc(C(C)=O)cc2)cc1. The quantitative estimate of drug-likeness (QED) is 0.778. The van der Waals surface area contributed by atoms with Gasteiger partial charge in [0.2, 0.25) is 0 Å². The second kappa shape index (κ2) is 5.28. The number of Topliss-reactive ketones (excluding diaryl/α,β-unsaturated/α-hetero) is 2. The summed E-state index contributed by atoms with van der Waals surface area (Å²) in [6.45, 7) is 3.18. The Morgan fingerprint density at radius 2 is 1.05 bits per heavy atom. The summed E-state index contributed by atoms with van der Waals surface area (Å²) >= 11 is 0. The van der Waals surface area contributed by atoms with Crippen LogP contribution in [0.25, 0.3) is 0 Å². The second-order valence-electron chi connectivity index (χ2n) is 5.81. The lowest BCUT2D eigenvalue weighted by Gasteiger charge is -2.03. The number of hydrogen-bond acceptors (Lipinski definition) is 2. The molecule has 1 fully saturated rings. The van der Waals surface area contributed by atoms with Crippen molar-refractivity contribution in [1.82, 2.24) is 0 Å². The third-order valence-corrected chi connectivity index (χ3v) is 4.28. The molecule has 0 radical (unpaired) electrons. The summed E-state index contributed by atoms with van der Waals surface area (Å²) in [6.07, 6.45) is 1.14. The van der Waals surface area contributed by atoms with Gasteiger partial charge in [-0.15, -0.1) is 0 Å². The maximum absolute atomic E-state index is 11.3. The predicted octanol–water partition coefficient (Wildman–Crippen LogP) is 4.36. The summed E-state index contributed by atoms with van der Waals surface area (Å²) in [5.41, 5.74) is 4.12. The van der Waals surface area contributed by atoms with Gasteiger partial charge in [0.15, 0.2) is 11.6 Å². The molecule has 1 saturated carbocycles. The van der Waals surface area contributed by atoms with Crippen LogP contribution in [0.1, 0.15) is 63.9 Å². The molecule has 2 heteroatoms. The zero-order chi connectivity index (χ0) is 15.0. The molecular weight excluding hydrogens is 260 g/mol. The number of benzene rings is 2. The monoisotopic (exact) mass is 278 g/mol. The van der Waals surface area contributed by atoms with Gasteiger partial charge in [-0.1, -0.05) is 48.5 Å². The fourth-order valence-corrected chi connectivity index (χ4v) is 2.86. The summed E-state index contributed by atoms with van der Waals surface area (Å²) in [4.78, 5) is 22.6. The minimum Gasteiger partial charge on any atom is -0.295 e. The van der Waals surface area contributed by atoms with Crippen LogP contribution in [0.4, 0.5) is 0 Å². The van der Waals surface area contributed by atoms with E-state index in [-0.39, 0.29) is 11.6 Å². The molecule has 1 aliphatic rings. The average molecular weight is 278 g/mol. The van der Waals surface area contributed by atoms with E-state index >= 15 is 0 Å². The van der Waals surface area contributed by atoms with Crippen LogP contribution in [-0.2, 0) is 0 Å². The van der Waals surface area contributed by atoms with Crippen LogP contribution in [0.5, 0.6) is 0 Å². The number of carbonyl (C=O) groups is 2. The van der Waals surface area contributed by atoms with E-state index < -0.39 is 0 Å². The Bertz CT molecular complexity index is 619. The number of rotatable bonds is 4. The standard InChI is InChI=1S/C19H18O2/c1-12(20)14-3-7-16(8-4-14)18-11-19(18)17-9-5-15(6-10-17)13(2)21/h3-10,18-19H,11H2,1-2H3/t18-,19-/m0/s1. The lowest BCUT2D eigenvalue weighted by Crippen LogP contribution is -1.93. The first-order valence-electron chi connectivity index (χ1n) is 7.28. The van der Waals surface area contributed by atoms with Gasteiger partial charge in [-0.3, -0.25) is 9.59 Å². The Kier molecular flexibility index (Phi) is 3.46. The zero-order valence-corrected chi connectivity index (χ0v) is 12.3. The van der Waals surface area contributed by atoms with Gasteiger partial charge in [-0.2, -0.15) is 0 Å². The molecule has 2 aromatic carbocycles. The van der Waals surface area contributed by atoms with E-state index in [0.717, 1.165) is 17.5 Å². The summed E-state index contributed by atoms with van der Waals surface area (Å²) in [5.74, 6) is 1.28. The van der Waals surface area contributed by atoms with E-state index in [1.54, 1.807) is 13.8 Å². The van der Waals surface area contributed by atoms with E-state index in [1.807, 2.05) is 24.3 Å². The van der Waals surface area contributed by atoms with E-state index in [4.69, 9.17) is 0 Å². The van der Waals surface area contributed by atoms with Gasteiger partial charge in [0.25, 0.3) is 0 Å². The Balaban J connectivity index is 1.73.